The summed E-state index contributed by atoms with van der Waals surface area (Å²) in [5.41, 5.74) is 4.41. The second-order valence-corrected chi connectivity index (χ2v) is 9.14. The number of aliphatic carboxylic acids is 1. The van der Waals surface area contributed by atoms with Gasteiger partial charge in [-0.3, -0.25) is 9.59 Å². The van der Waals surface area contributed by atoms with Gasteiger partial charge in [0.1, 0.15) is 12.6 Å². The lowest BCUT2D eigenvalue weighted by molar-refractivity contribution is -0.144. The summed E-state index contributed by atoms with van der Waals surface area (Å²) in [6.45, 7) is 4.68. The molecule has 33 heavy (non-hydrogen) atoms. The van der Waals surface area contributed by atoms with E-state index < -0.39 is 24.5 Å². The normalized spacial score (nSPS) is 20.5. The molecule has 1 saturated heterocycles. The number of nitrogens with one attached hydrogen (secondary N) is 1. The Balaban J connectivity index is 1.44. The van der Waals surface area contributed by atoms with Crippen molar-refractivity contribution < 1.29 is 24.2 Å². The van der Waals surface area contributed by atoms with Gasteiger partial charge in [-0.2, -0.15) is 0 Å². The summed E-state index contributed by atoms with van der Waals surface area (Å²) in [4.78, 5) is 38.8. The summed E-state index contributed by atoms with van der Waals surface area (Å²) >= 11 is 0. The molecule has 0 radical (unpaired) electrons. The largest absolute Gasteiger partial charge is 0.481 e. The fourth-order valence-electron chi connectivity index (χ4n) is 4.95. The molecule has 0 saturated carbocycles. The van der Waals surface area contributed by atoms with Gasteiger partial charge in [-0.1, -0.05) is 55.5 Å². The van der Waals surface area contributed by atoms with E-state index in [-0.39, 0.29) is 24.5 Å². The van der Waals surface area contributed by atoms with Crippen molar-refractivity contribution in [1.82, 2.24) is 10.2 Å². The highest BCUT2D eigenvalue weighted by molar-refractivity contribution is 5.89. The first kappa shape index (κ1) is 22.8. The number of hydrogen-bond donors (Lipinski definition) is 2. The number of ether oxygens (including phenoxy) is 1. The van der Waals surface area contributed by atoms with Crippen molar-refractivity contribution in [3.05, 3.63) is 59.7 Å². The van der Waals surface area contributed by atoms with Crippen LogP contribution in [-0.4, -0.2) is 53.2 Å². The average Bonchev–Trinajstić information content (AvgIpc) is 3.12. The van der Waals surface area contributed by atoms with Gasteiger partial charge in [0.15, 0.2) is 0 Å². The van der Waals surface area contributed by atoms with Crippen LogP contribution in [0, 0.1) is 5.92 Å². The minimum atomic E-state index is -1.16. The molecule has 1 aliphatic heterocycles. The summed E-state index contributed by atoms with van der Waals surface area (Å²) in [6, 6.07) is 14.9. The lowest BCUT2D eigenvalue weighted by atomic mass is 9.94. The number of piperidine rings is 1. The first-order chi connectivity index (χ1) is 15.8. The highest BCUT2D eigenvalue weighted by atomic mass is 16.5. The van der Waals surface area contributed by atoms with E-state index in [0.29, 0.717) is 12.5 Å². The first-order valence-corrected chi connectivity index (χ1v) is 11.5. The van der Waals surface area contributed by atoms with Crippen molar-refractivity contribution in [3.63, 3.8) is 0 Å². The molecule has 1 fully saturated rings. The monoisotopic (exact) mass is 450 g/mol. The topological polar surface area (TPSA) is 95.9 Å². The molecule has 0 spiro atoms. The van der Waals surface area contributed by atoms with Crippen molar-refractivity contribution >= 4 is 18.0 Å². The molecule has 2 aliphatic rings. The molecule has 1 heterocycles. The van der Waals surface area contributed by atoms with Crippen LogP contribution in [0.25, 0.3) is 11.1 Å². The van der Waals surface area contributed by atoms with Gasteiger partial charge in [0, 0.05) is 18.5 Å². The van der Waals surface area contributed by atoms with Gasteiger partial charge in [0.25, 0.3) is 0 Å². The number of amides is 2. The third-order valence-corrected chi connectivity index (χ3v) is 6.71. The molecule has 2 aromatic carbocycles. The molecular formula is C26H30N2O5. The standard InChI is InChI=1S/C26H30N2O5/c1-16-11-12-17(2)28(14-16)25(31)23(13-24(29)30)27-26(32)33-15-22-20-9-5-3-7-18(20)19-8-4-6-10-21(19)22/h3-10,16-17,22-23H,11-15H2,1-2H3,(H,27,32)(H,29,30). The van der Waals surface area contributed by atoms with E-state index in [1.54, 1.807) is 4.90 Å². The number of alkyl carbamates (subject to hydrolysis) is 1. The van der Waals surface area contributed by atoms with Crippen molar-refractivity contribution in [2.75, 3.05) is 13.2 Å². The number of hydrogen-bond acceptors (Lipinski definition) is 4. The molecule has 174 valence electrons. The van der Waals surface area contributed by atoms with Crippen LogP contribution in [0.4, 0.5) is 4.79 Å². The molecule has 2 aromatic rings. The quantitative estimate of drug-likeness (QED) is 0.693. The Hall–Kier alpha value is -3.35. The maximum Gasteiger partial charge on any atom is 0.407 e. The molecule has 7 heteroatoms. The van der Waals surface area contributed by atoms with Crippen molar-refractivity contribution in [2.45, 2.75) is 51.1 Å². The number of carboxylic acids is 1. The minimum absolute atomic E-state index is 0.00862. The zero-order chi connectivity index (χ0) is 23.5. The summed E-state index contributed by atoms with van der Waals surface area (Å²) < 4.78 is 5.52. The zero-order valence-corrected chi connectivity index (χ0v) is 19.0. The highest BCUT2D eigenvalue weighted by Crippen LogP contribution is 2.44. The Morgan fingerprint density at radius 2 is 1.64 bits per heavy atom. The highest BCUT2D eigenvalue weighted by Gasteiger charge is 2.35. The number of nitrogens with zero attached hydrogens (tertiary/aromatic N) is 1. The zero-order valence-electron chi connectivity index (χ0n) is 19.0. The number of likely N-dealkylation sites (tertiary alicyclic amines) is 1. The van der Waals surface area contributed by atoms with Crippen LogP contribution in [-0.2, 0) is 14.3 Å². The number of carbonyl (C=O) groups is 3. The number of rotatable bonds is 6. The molecular weight excluding hydrogens is 420 g/mol. The van der Waals surface area contributed by atoms with E-state index in [4.69, 9.17) is 4.74 Å². The predicted octanol–water partition coefficient (Wildman–Crippen LogP) is 4.02. The van der Waals surface area contributed by atoms with Crippen LogP contribution in [0.1, 0.15) is 50.2 Å². The van der Waals surface area contributed by atoms with E-state index >= 15 is 0 Å². The maximum absolute atomic E-state index is 13.1. The summed E-state index contributed by atoms with van der Waals surface area (Å²) in [5, 5.41) is 11.8. The fourth-order valence-corrected chi connectivity index (χ4v) is 4.95. The molecule has 1 aliphatic carbocycles. The lowest BCUT2D eigenvalue weighted by Gasteiger charge is -2.38. The SMILES string of the molecule is CC1CCC(C)N(C(=O)C(CC(=O)O)NC(=O)OCC2c3ccccc3-c3ccccc32)C1. The lowest BCUT2D eigenvalue weighted by Crippen LogP contribution is -2.54. The Labute approximate surface area is 193 Å². The summed E-state index contributed by atoms with van der Waals surface area (Å²) in [6.07, 6.45) is 0.612. The predicted molar refractivity (Wildman–Crippen MR) is 124 cm³/mol. The number of carboxylic acid groups (broad SMARTS) is 1. The number of fused-ring (bicyclic) bond motifs is 3. The van der Waals surface area contributed by atoms with Crippen LogP contribution in [0.15, 0.2) is 48.5 Å². The van der Waals surface area contributed by atoms with Gasteiger partial charge in [0.2, 0.25) is 5.91 Å². The van der Waals surface area contributed by atoms with Crippen molar-refractivity contribution in [1.29, 1.82) is 0 Å². The molecule has 2 amide bonds. The van der Waals surface area contributed by atoms with E-state index in [1.807, 2.05) is 43.3 Å². The van der Waals surface area contributed by atoms with Crippen LogP contribution in [0.2, 0.25) is 0 Å². The van der Waals surface area contributed by atoms with Crippen LogP contribution < -0.4 is 5.32 Å². The van der Waals surface area contributed by atoms with Crippen molar-refractivity contribution in [3.8, 4) is 11.1 Å². The van der Waals surface area contributed by atoms with Crippen LogP contribution >= 0.6 is 0 Å². The van der Waals surface area contributed by atoms with Gasteiger partial charge in [-0.05, 0) is 47.9 Å². The molecule has 0 bridgehead atoms. The van der Waals surface area contributed by atoms with Gasteiger partial charge in [0.05, 0.1) is 6.42 Å². The molecule has 3 unspecified atom stereocenters. The Bertz CT molecular complexity index is 1010. The van der Waals surface area contributed by atoms with Gasteiger partial charge in [-0.25, -0.2) is 4.79 Å². The minimum Gasteiger partial charge on any atom is -0.481 e. The Morgan fingerprint density at radius 1 is 1.03 bits per heavy atom. The molecule has 7 nitrogen and oxygen atoms in total. The smallest absolute Gasteiger partial charge is 0.407 e. The van der Waals surface area contributed by atoms with Gasteiger partial charge >= 0.3 is 12.1 Å². The van der Waals surface area contributed by atoms with E-state index in [2.05, 4.69) is 24.4 Å². The molecule has 4 rings (SSSR count). The van der Waals surface area contributed by atoms with E-state index in [1.165, 1.54) is 0 Å². The summed E-state index contributed by atoms with van der Waals surface area (Å²) in [5.74, 6) is -1.29. The average molecular weight is 451 g/mol. The molecule has 2 N–H and O–H groups in total. The maximum atomic E-state index is 13.1. The van der Waals surface area contributed by atoms with E-state index in [0.717, 1.165) is 35.1 Å². The summed E-state index contributed by atoms with van der Waals surface area (Å²) in [7, 11) is 0. The van der Waals surface area contributed by atoms with E-state index in [9.17, 15) is 19.5 Å². The van der Waals surface area contributed by atoms with Crippen LogP contribution in [0.3, 0.4) is 0 Å². The van der Waals surface area contributed by atoms with Crippen molar-refractivity contribution in [2.24, 2.45) is 5.92 Å². The van der Waals surface area contributed by atoms with Gasteiger partial charge in [-0.15, -0.1) is 0 Å². The fraction of sp³-hybridized carbons (Fsp3) is 0.423. The van der Waals surface area contributed by atoms with Gasteiger partial charge < -0.3 is 20.1 Å². The number of carbonyl (C=O) groups excluding carboxylic acids is 2. The second kappa shape index (κ2) is 9.65. The molecule has 3 atom stereocenters. The Morgan fingerprint density at radius 3 is 2.24 bits per heavy atom. The first-order valence-electron chi connectivity index (χ1n) is 11.5. The molecule has 0 aromatic heterocycles. The third kappa shape index (κ3) is 4.87. The Kier molecular flexibility index (Phi) is 6.67. The third-order valence-electron chi connectivity index (χ3n) is 6.71. The van der Waals surface area contributed by atoms with Crippen LogP contribution in [0.5, 0.6) is 0 Å². The second-order valence-electron chi connectivity index (χ2n) is 9.14. The number of benzene rings is 2.